The van der Waals surface area contributed by atoms with Crippen molar-refractivity contribution < 1.29 is 14.3 Å². The third-order valence-electron chi connectivity index (χ3n) is 6.16. The van der Waals surface area contributed by atoms with Gasteiger partial charge < -0.3 is 19.4 Å². The molecule has 0 aromatic heterocycles. The van der Waals surface area contributed by atoms with E-state index in [0.29, 0.717) is 6.54 Å². The Kier molecular flexibility index (Phi) is 5.05. The van der Waals surface area contributed by atoms with Gasteiger partial charge in [0, 0.05) is 32.4 Å². The van der Waals surface area contributed by atoms with Crippen LogP contribution in [0.4, 0.5) is 10.5 Å². The molecule has 0 N–H and O–H groups in total. The van der Waals surface area contributed by atoms with Crippen LogP contribution >= 0.6 is 0 Å². The number of ether oxygens (including phenoxy) is 1. The fourth-order valence-electron chi connectivity index (χ4n) is 4.47. The Hall–Kier alpha value is -3.81. The minimum absolute atomic E-state index is 0.203. The average Bonchev–Trinajstić information content (AvgIpc) is 3.40. The lowest BCUT2D eigenvalue weighted by molar-refractivity contribution is -0.136. The molecular weight excluding hydrogens is 406 g/mol. The first-order valence-electron chi connectivity index (χ1n) is 10.6. The summed E-state index contributed by atoms with van der Waals surface area (Å²) < 4.78 is 5.25. The summed E-state index contributed by atoms with van der Waals surface area (Å²) in [7, 11) is 3.35. The number of amides is 3. The third kappa shape index (κ3) is 3.28. The number of anilines is 1. The smallest absolute Gasteiger partial charge is 0.328 e. The number of hydrogen-bond donors (Lipinski definition) is 0. The van der Waals surface area contributed by atoms with Gasteiger partial charge in [0.05, 0.1) is 7.11 Å². The van der Waals surface area contributed by atoms with Crippen LogP contribution in [0.1, 0.15) is 5.56 Å². The summed E-state index contributed by atoms with van der Waals surface area (Å²) in [5.41, 5.74) is 2.01. The van der Waals surface area contributed by atoms with E-state index in [-0.39, 0.29) is 18.5 Å². The van der Waals surface area contributed by atoms with Gasteiger partial charge >= 0.3 is 6.03 Å². The van der Waals surface area contributed by atoms with Crippen molar-refractivity contribution in [3.05, 3.63) is 66.2 Å². The van der Waals surface area contributed by atoms with Crippen molar-refractivity contribution in [2.24, 2.45) is 4.99 Å². The highest BCUT2D eigenvalue weighted by Gasteiger charge is 2.54. The topological polar surface area (TPSA) is 68.7 Å². The van der Waals surface area contributed by atoms with Crippen molar-refractivity contribution in [3.63, 3.8) is 0 Å². The molecule has 3 amide bonds. The maximum absolute atomic E-state index is 13.4. The number of likely N-dealkylation sites (N-methyl/N-ethyl adjacent to an activating group) is 1. The molecule has 2 aromatic carbocycles. The van der Waals surface area contributed by atoms with Gasteiger partial charge in [-0.15, -0.1) is 0 Å². The number of methoxy groups -OCH3 is 1. The van der Waals surface area contributed by atoms with E-state index in [2.05, 4.69) is 4.90 Å². The number of guanidine groups is 1. The number of urea groups is 1. The highest BCUT2D eigenvalue weighted by atomic mass is 16.5. The molecule has 0 aliphatic carbocycles. The number of rotatable bonds is 5. The van der Waals surface area contributed by atoms with Gasteiger partial charge in [-0.2, -0.15) is 0 Å². The number of carbonyl (C=O) groups excluding carboxylic acids is 2. The second-order valence-corrected chi connectivity index (χ2v) is 7.99. The largest absolute Gasteiger partial charge is 0.497 e. The zero-order valence-corrected chi connectivity index (χ0v) is 18.1. The van der Waals surface area contributed by atoms with Crippen molar-refractivity contribution >= 4 is 29.7 Å². The second-order valence-electron chi connectivity index (χ2n) is 7.99. The van der Waals surface area contributed by atoms with Crippen LogP contribution < -0.4 is 9.64 Å². The first-order chi connectivity index (χ1) is 15.6. The Morgan fingerprint density at radius 2 is 1.81 bits per heavy atom. The lowest BCUT2D eigenvalue weighted by Crippen LogP contribution is -2.64. The van der Waals surface area contributed by atoms with Gasteiger partial charge in [-0.1, -0.05) is 42.5 Å². The van der Waals surface area contributed by atoms with E-state index in [0.717, 1.165) is 29.5 Å². The molecule has 0 bridgehead atoms. The van der Waals surface area contributed by atoms with Crippen molar-refractivity contribution in [2.45, 2.75) is 12.2 Å². The van der Waals surface area contributed by atoms with Crippen LogP contribution in [0.15, 0.2) is 65.7 Å². The molecule has 3 heterocycles. The molecular formula is C24H25N5O3. The van der Waals surface area contributed by atoms with Gasteiger partial charge in [0.1, 0.15) is 5.75 Å². The van der Waals surface area contributed by atoms with Crippen molar-refractivity contribution in [3.8, 4) is 5.75 Å². The Morgan fingerprint density at radius 3 is 2.53 bits per heavy atom. The fourth-order valence-corrected chi connectivity index (χ4v) is 4.47. The van der Waals surface area contributed by atoms with Crippen molar-refractivity contribution in [2.75, 3.05) is 38.7 Å². The van der Waals surface area contributed by atoms with Gasteiger partial charge in [0.15, 0.2) is 12.2 Å². The molecule has 164 valence electrons. The van der Waals surface area contributed by atoms with Crippen LogP contribution in [0, 0.1) is 0 Å². The maximum atomic E-state index is 13.4. The van der Waals surface area contributed by atoms with E-state index in [4.69, 9.17) is 9.73 Å². The molecule has 0 spiro atoms. The van der Waals surface area contributed by atoms with E-state index in [1.165, 1.54) is 4.90 Å². The van der Waals surface area contributed by atoms with Crippen LogP contribution in [0.2, 0.25) is 0 Å². The molecule has 5 rings (SSSR count). The number of hydrogen-bond acceptors (Lipinski definition) is 6. The standard InChI is InChI=1S/C24H25N5O3/c1-26-21-20(22(30)29(24(26)31)14-6-9-17-7-4-3-5-8-17)28-16-15-27(23(28)25-21)18-10-12-19(32-2)13-11-18/h3-13,20-21H,14-16H2,1-2H3/b9-6+. The number of fused-ring (bicyclic) bond motifs is 3. The Morgan fingerprint density at radius 1 is 1.06 bits per heavy atom. The molecule has 8 heteroatoms. The molecule has 2 saturated heterocycles. The van der Waals surface area contributed by atoms with E-state index in [1.807, 2.05) is 71.6 Å². The fraction of sp³-hybridized carbons (Fsp3) is 0.292. The summed E-state index contributed by atoms with van der Waals surface area (Å²) in [6, 6.07) is 16.8. The lowest BCUT2D eigenvalue weighted by Gasteiger charge is -2.40. The predicted molar refractivity (Wildman–Crippen MR) is 122 cm³/mol. The molecule has 3 aliphatic rings. The Balaban J connectivity index is 1.36. The van der Waals surface area contributed by atoms with Crippen LogP contribution in [-0.4, -0.2) is 78.6 Å². The van der Waals surface area contributed by atoms with Gasteiger partial charge in [-0.05, 0) is 29.8 Å². The number of nitrogens with zero attached hydrogens (tertiary/aromatic N) is 5. The zero-order chi connectivity index (χ0) is 22.2. The summed E-state index contributed by atoms with van der Waals surface area (Å²) in [5, 5.41) is 0. The molecule has 32 heavy (non-hydrogen) atoms. The molecule has 2 fully saturated rings. The van der Waals surface area contributed by atoms with Crippen LogP contribution in [-0.2, 0) is 4.79 Å². The molecule has 8 nitrogen and oxygen atoms in total. The third-order valence-corrected chi connectivity index (χ3v) is 6.16. The maximum Gasteiger partial charge on any atom is 0.328 e. The normalized spacial score (nSPS) is 22.5. The van der Waals surface area contributed by atoms with E-state index < -0.39 is 12.2 Å². The molecule has 3 aliphatic heterocycles. The number of imide groups is 1. The molecule has 0 radical (unpaired) electrons. The summed E-state index contributed by atoms with van der Waals surface area (Å²) in [4.78, 5) is 38.1. The Labute approximate surface area is 187 Å². The van der Waals surface area contributed by atoms with Crippen molar-refractivity contribution in [1.29, 1.82) is 0 Å². The average molecular weight is 431 g/mol. The monoisotopic (exact) mass is 431 g/mol. The van der Waals surface area contributed by atoms with Crippen LogP contribution in [0.3, 0.4) is 0 Å². The molecule has 0 saturated carbocycles. The van der Waals surface area contributed by atoms with Gasteiger partial charge in [-0.3, -0.25) is 9.69 Å². The zero-order valence-electron chi connectivity index (χ0n) is 18.1. The van der Waals surface area contributed by atoms with Crippen molar-refractivity contribution in [1.82, 2.24) is 14.7 Å². The molecule has 2 unspecified atom stereocenters. The van der Waals surface area contributed by atoms with E-state index in [1.54, 1.807) is 19.1 Å². The number of aliphatic imine (C=N–C) groups is 1. The second kappa shape index (κ2) is 8.03. The highest BCUT2D eigenvalue weighted by Crippen LogP contribution is 2.33. The minimum atomic E-state index is -0.514. The number of benzene rings is 2. The quantitative estimate of drug-likeness (QED) is 0.728. The number of carbonyl (C=O) groups is 2. The van der Waals surface area contributed by atoms with Crippen LogP contribution in [0.25, 0.3) is 6.08 Å². The van der Waals surface area contributed by atoms with E-state index in [9.17, 15) is 9.59 Å². The lowest BCUT2D eigenvalue weighted by atomic mass is 10.1. The van der Waals surface area contributed by atoms with Gasteiger partial charge in [0.2, 0.25) is 5.96 Å². The highest BCUT2D eigenvalue weighted by molar-refractivity contribution is 6.08. The summed E-state index contributed by atoms with van der Waals surface area (Å²) >= 11 is 0. The minimum Gasteiger partial charge on any atom is -0.497 e. The summed E-state index contributed by atoms with van der Waals surface area (Å²) in [6.07, 6.45) is 3.26. The summed E-state index contributed by atoms with van der Waals surface area (Å²) in [6.45, 7) is 1.63. The van der Waals surface area contributed by atoms with Gasteiger partial charge in [-0.25, -0.2) is 9.79 Å². The summed E-state index contributed by atoms with van der Waals surface area (Å²) in [5.74, 6) is 1.32. The van der Waals surface area contributed by atoms with Crippen LogP contribution in [0.5, 0.6) is 5.75 Å². The molecule has 2 atom stereocenters. The SMILES string of the molecule is COc1ccc(N2CCN3C2=NC2C3C(=O)N(C/C=C/c3ccccc3)C(=O)N2C)cc1. The van der Waals surface area contributed by atoms with E-state index >= 15 is 0 Å². The Bertz CT molecular complexity index is 1080. The molecule has 2 aromatic rings. The predicted octanol–water partition coefficient (Wildman–Crippen LogP) is 2.49. The first-order valence-corrected chi connectivity index (χ1v) is 10.6. The van der Waals surface area contributed by atoms with Gasteiger partial charge in [0.25, 0.3) is 5.91 Å². The first kappa shape index (κ1) is 20.1.